The maximum Gasteiger partial charge on any atom is 0.250 e. The lowest BCUT2D eigenvalue weighted by atomic mass is 9.95. The Balaban J connectivity index is 1.91. The predicted octanol–water partition coefficient (Wildman–Crippen LogP) is 4.50. The molecule has 1 aromatic rings. The van der Waals surface area contributed by atoms with E-state index in [1.807, 2.05) is 6.07 Å². The Labute approximate surface area is 198 Å². The largest absolute Gasteiger partial charge is 0.374 e. The minimum Gasteiger partial charge on any atom is -0.374 e. The highest BCUT2D eigenvalue weighted by atomic mass is 32.2. The molecule has 1 fully saturated rings. The van der Waals surface area contributed by atoms with Gasteiger partial charge >= 0.3 is 0 Å². The molecule has 0 bridgehead atoms. The number of hydrogen-bond acceptors (Lipinski definition) is 5. The lowest BCUT2D eigenvalue weighted by Crippen LogP contribution is -2.38. The van der Waals surface area contributed by atoms with Crippen molar-refractivity contribution in [3.8, 4) is 0 Å². The second-order valence-corrected chi connectivity index (χ2v) is 12.1. The van der Waals surface area contributed by atoms with Crippen LogP contribution in [0.2, 0.25) is 0 Å². The van der Waals surface area contributed by atoms with Gasteiger partial charge in [-0.25, -0.2) is 8.42 Å². The maximum atomic E-state index is 12.6. The zero-order valence-electron chi connectivity index (χ0n) is 20.3. The van der Waals surface area contributed by atoms with Crippen LogP contribution in [0.15, 0.2) is 48.2 Å². The predicted molar refractivity (Wildman–Crippen MR) is 134 cm³/mol. The molecule has 0 radical (unpaired) electrons. The van der Waals surface area contributed by atoms with Gasteiger partial charge in [0, 0.05) is 23.0 Å². The first-order valence-electron chi connectivity index (χ1n) is 11.6. The highest BCUT2D eigenvalue weighted by molar-refractivity contribution is 7.90. The number of hydrogen-bond donors (Lipinski definition) is 4. The number of anilines is 1. The average molecular weight is 478 g/mol. The van der Waals surface area contributed by atoms with Crippen LogP contribution in [0.5, 0.6) is 0 Å². The highest BCUT2D eigenvalue weighted by Crippen LogP contribution is 2.23. The third-order valence-corrected chi connectivity index (χ3v) is 8.04. The van der Waals surface area contributed by atoms with Crippen LogP contribution in [0.3, 0.4) is 0 Å². The number of carbonyl (C=O) groups excluding carboxylic acids is 1. The molecule has 184 valence electrons. The summed E-state index contributed by atoms with van der Waals surface area (Å²) >= 11 is 0. The summed E-state index contributed by atoms with van der Waals surface area (Å²) in [6.07, 6.45) is 7.29. The van der Waals surface area contributed by atoms with Gasteiger partial charge in [0.2, 0.25) is 10.0 Å². The van der Waals surface area contributed by atoms with Crippen LogP contribution < -0.4 is 15.4 Å². The first-order valence-corrected chi connectivity index (χ1v) is 13.1. The number of nitrogens with one attached hydrogen (secondary N) is 3. The number of sulfonamides is 1. The van der Waals surface area contributed by atoms with Crippen molar-refractivity contribution in [2.24, 2.45) is 0 Å². The third kappa shape index (κ3) is 8.28. The first-order chi connectivity index (χ1) is 15.4. The molecule has 2 rings (SSSR count). The molecule has 0 saturated heterocycles. The van der Waals surface area contributed by atoms with E-state index in [2.05, 4.69) is 21.9 Å². The Morgan fingerprint density at radius 3 is 2.48 bits per heavy atom. The van der Waals surface area contributed by atoms with Crippen LogP contribution in [0, 0.1) is 0 Å². The summed E-state index contributed by atoms with van der Waals surface area (Å²) in [4.78, 5) is 12.6. The number of amides is 1. The van der Waals surface area contributed by atoms with Crippen molar-refractivity contribution in [3.63, 3.8) is 0 Å². The average Bonchev–Trinajstić information content (AvgIpc) is 2.76. The van der Waals surface area contributed by atoms with Crippen molar-refractivity contribution in [2.75, 3.05) is 5.32 Å². The van der Waals surface area contributed by atoms with Gasteiger partial charge in [0.15, 0.2) is 0 Å². The lowest BCUT2D eigenvalue weighted by molar-refractivity contribution is -0.113. The van der Waals surface area contributed by atoms with Gasteiger partial charge in [0.1, 0.15) is 6.23 Å². The quantitative estimate of drug-likeness (QED) is 0.293. The molecule has 1 amide bonds. The van der Waals surface area contributed by atoms with Crippen LogP contribution in [-0.4, -0.2) is 30.2 Å². The fraction of sp³-hybridized carbons (Fsp3) is 0.560. The van der Waals surface area contributed by atoms with Gasteiger partial charge in [-0.05, 0) is 71.1 Å². The molecule has 0 aliphatic heterocycles. The standard InChI is InChI=1S/C25H39N3O4S/c1-6-20(28-33(31,32)25(3,4)5)16-15-18(2)23(29)27-22-14-10-11-19(17-22)24(30)26-21-12-8-7-9-13-21/h6,10-11,14,17,21,24,26,28,30H,2,7-9,12-13,15-16H2,1,3-5H3,(H,27,29)/b20-6+. The molecule has 1 unspecified atom stereocenters. The number of carbonyl (C=O) groups is 1. The molecule has 8 heteroatoms. The molecular formula is C25H39N3O4S. The minimum absolute atomic E-state index is 0.309. The molecule has 0 aromatic heterocycles. The van der Waals surface area contributed by atoms with Crippen LogP contribution in [0.1, 0.15) is 84.4 Å². The second kappa shape index (κ2) is 11.8. The summed E-state index contributed by atoms with van der Waals surface area (Å²) in [6, 6.07) is 7.43. The minimum atomic E-state index is -3.53. The van der Waals surface area contributed by atoms with Crippen molar-refractivity contribution in [3.05, 3.63) is 53.8 Å². The first kappa shape index (κ1) is 27.1. The Morgan fingerprint density at radius 2 is 1.88 bits per heavy atom. The summed E-state index contributed by atoms with van der Waals surface area (Å²) < 4.78 is 26.4. The Bertz CT molecular complexity index is 958. The zero-order valence-corrected chi connectivity index (χ0v) is 21.1. The molecule has 0 heterocycles. The highest BCUT2D eigenvalue weighted by Gasteiger charge is 2.29. The van der Waals surface area contributed by atoms with Crippen molar-refractivity contribution in [1.82, 2.24) is 10.0 Å². The fourth-order valence-corrected chi connectivity index (χ4v) is 4.45. The van der Waals surface area contributed by atoms with E-state index >= 15 is 0 Å². The Morgan fingerprint density at radius 1 is 1.21 bits per heavy atom. The van der Waals surface area contributed by atoms with Crippen LogP contribution in [0.4, 0.5) is 5.69 Å². The summed E-state index contributed by atoms with van der Waals surface area (Å²) in [7, 11) is -3.53. The number of allylic oxidation sites excluding steroid dienone is 2. The van der Waals surface area contributed by atoms with E-state index in [-0.39, 0.29) is 5.91 Å². The van der Waals surface area contributed by atoms with Crippen molar-refractivity contribution in [1.29, 1.82) is 0 Å². The summed E-state index contributed by atoms with van der Waals surface area (Å²) in [6.45, 7) is 10.5. The molecule has 1 aliphatic carbocycles. The third-order valence-electron chi connectivity index (χ3n) is 5.90. The Kier molecular flexibility index (Phi) is 9.70. The van der Waals surface area contributed by atoms with Gasteiger partial charge in [0.05, 0.1) is 4.75 Å². The molecule has 1 aliphatic rings. The van der Waals surface area contributed by atoms with E-state index in [0.29, 0.717) is 41.4 Å². The number of aliphatic hydroxyl groups is 1. The van der Waals surface area contributed by atoms with E-state index in [0.717, 1.165) is 12.8 Å². The van der Waals surface area contributed by atoms with Crippen molar-refractivity contribution >= 4 is 21.6 Å². The van der Waals surface area contributed by atoms with Crippen molar-refractivity contribution in [2.45, 2.75) is 89.7 Å². The van der Waals surface area contributed by atoms with Crippen LogP contribution in [-0.2, 0) is 14.8 Å². The SMILES string of the molecule is C=C(CC/C(=C\C)NS(=O)(=O)C(C)(C)C)C(=O)Nc1cccc(C(O)NC2CCCCC2)c1. The molecule has 1 aromatic carbocycles. The number of benzene rings is 1. The molecule has 7 nitrogen and oxygen atoms in total. The molecule has 33 heavy (non-hydrogen) atoms. The van der Waals surface area contributed by atoms with E-state index in [1.165, 1.54) is 19.3 Å². The van der Waals surface area contributed by atoms with E-state index in [9.17, 15) is 18.3 Å². The number of rotatable bonds is 10. The fourth-order valence-electron chi connectivity index (χ4n) is 3.57. The van der Waals surface area contributed by atoms with Crippen LogP contribution in [0.25, 0.3) is 0 Å². The van der Waals surface area contributed by atoms with Crippen molar-refractivity contribution < 1.29 is 18.3 Å². The maximum absolute atomic E-state index is 12.6. The topological polar surface area (TPSA) is 108 Å². The normalized spacial score (nSPS) is 16.8. The summed E-state index contributed by atoms with van der Waals surface area (Å²) in [5, 5.41) is 16.6. The molecular weight excluding hydrogens is 438 g/mol. The van der Waals surface area contributed by atoms with Gasteiger partial charge in [-0.2, -0.15) is 0 Å². The van der Waals surface area contributed by atoms with Gasteiger partial charge in [-0.3, -0.25) is 14.8 Å². The van der Waals surface area contributed by atoms with E-state index in [1.54, 1.807) is 52.0 Å². The van der Waals surface area contributed by atoms with Gasteiger partial charge in [-0.1, -0.05) is 44.1 Å². The molecule has 0 spiro atoms. The summed E-state index contributed by atoms with van der Waals surface area (Å²) in [5.41, 5.74) is 2.13. The monoisotopic (exact) mass is 477 g/mol. The Hall–Kier alpha value is -2.16. The van der Waals surface area contributed by atoms with Gasteiger partial charge in [-0.15, -0.1) is 0 Å². The molecule has 4 N–H and O–H groups in total. The smallest absolute Gasteiger partial charge is 0.250 e. The van der Waals surface area contributed by atoms with E-state index in [4.69, 9.17) is 0 Å². The van der Waals surface area contributed by atoms with Gasteiger partial charge in [0.25, 0.3) is 5.91 Å². The zero-order chi connectivity index (χ0) is 24.6. The van der Waals surface area contributed by atoms with Crippen LogP contribution >= 0.6 is 0 Å². The van der Waals surface area contributed by atoms with E-state index < -0.39 is 21.0 Å². The molecule has 1 saturated carbocycles. The van der Waals surface area contributed by atoms with Gasteiger partial charge < -0.3 is 10.4 Å². The summed E-state index contributed by atoms with van der Waals surface area (Å²) in [5.74, 6) is -0.337. The molecule has 1 atom stereocenters. The number of aliphatic hydroxyl groups excluding tert-OH is 1. The lowest BCUT2D eigenvalue weighted by Gasteiger charge is -2.26. The second-order valence-electron chi connectivity index (χ2n) is 9.62.